The van der Waals surface area contributed by atoms with Crippen molar-refractivity contribution in [1.29, 1.82) is 0 Å². The second-order valence-electron chi connectivity index (χ2n) is 8.46. The van der Waals surface area contributed by atoms with Gasteiger partial charge in [0.05, 0.1) is 12.7 Å². The van der Waals surface area contributed by atoms with Gasteiger partial charge in [0.2, 0.25) is 0 Å². The summed E-state index contributed by atoms with van der Waals surface area (Å²) in [6.07, 6.45) is 11.2. The van der Waals surface area contributed by atoms with Crippen molar-refractivity contribution in [2.75, 3.05) is 39.5 Å². The summed E-state index contributed by atoms with van der Waals surface area (Å²) in [7, 11) is -2.63. The van der Waals surface area contributed by atoms with Crippen LogP contribution in [-0.4, -0.2) is 65.4 Å². The van der Waals surface area contributed by atoms with Crippen LogP contribution in [0.2, 0.25) is 6.04 Å². The number of unbranched alkanes of at least 4 members (excludes halogenated alkanes) is 2. The van der Waals surface area contributed by atoms with Crippen LogP contribution in [0.1, 0.15) is 72.1 Å². The highest BCUT2D eigenvalue weighted by Gasteiger charge is 2.48. The molecule has 1 heterocycles. The molecule has 0 aromatic rings. The van der Waals surface area contributed by atoms with Crippen molar-refractivity contribution in [2.24, 2.45) is 5.92 Å². The summed E-state index contributed by atoms with van der Waals surface area (Å²) in [6, 6.07) is 1.34. The molecule has 3 unspecified atom stereocenters. The zero-order valence-corrected chi connectivity index (χ0v) is 20.2. The van der Waals surface area contributed by atoms with Crippen LogP contribution in [0.25, 0.3) is 0 Å². The van der Waals surface area contributed by atoms with E-state index in [1.165, 1.54) is 0 Å². The first kappa shape index (κ1) is 25.0. The number of allylic oxidation sites excluding steroid dienone is 1. The van der Waals surface area contributed by atoms with Crippen LogP contribution in [0, 0.1) is 5.92 Å². The van der Waals surface area contributed by atoms with Crippen molar-refractivity contribution >= 4 is 8.80 Å². The van der Waals surface area contributed by atoms with E-state index in [-0.39, 0.29) is 6.10 Å². The van der Waals surface area contributed by atoms with E-state index in [1.54, 1.807) is 0 Å². The molecule has 1 aliphatic carbocycles. The molecule has 2 fully saturated rings. The third-order valence-electron chi connectivity index (χ3n) is 6.22. The second-order valence-corrected chi connectivity index (χ2v) is 11.1. The maximum Gasteiger partial charge on any atom is 0.501 e. The van der Waals surface area contributed by atoms with Crippen LogP contribution in [0.5, 0.6) is 0 Å². The minimum atomic E-state index is -2.63. The molecule has 1 saturated carbocycles. The monoisotopic (exact) mass is 427 g/mol. The zero-order chi connectivity index (χ0) is 21.0. The van der Waals surface area contributed by atoms with Gasteiger partial charge in [-0.2, -0.15) is 0 Å². The first-order valence-electron chi connectivity index (χ1n) is 12.1. The van der Waals surface area contributed by atoms with E-state index < -0.39 is 8.80 Å². The number of fused-ring (bicyclic) bond motifs is 1. The lowest BCUT2D eigenvalue weighted by molar-refractivity contribution is -0.0495. The molecule has 0 amide bonds. The van der Waals surface area contributed by atoms with E-state index >= 15 is 0 Å². The van der Waals surface area contributed by atoms with Crippen molar-refractivity contribution in [2.45, 2.75) is 90.3 Å². The summed E-state index contributed by atoms with van der Waals surface area (Å²) < 4.78 is 25.5. The Morgan fingerprint density at radius 1 is 1.07 bits per heavy atom. The minimum Gasteiger partial charge on any atom is -0.380 e. The van der Waals surface area contributed by atoms with Crippen LogP contribution >= 0.6 is 0 Å². The molecule has 0 aromatic carbocycles. The molecule has 0 radical (unpaired) electrons. The molecular weight excluding hydrogens is 382 g/mol. The molecule has 170 valence electrons. The maximum atomic E-state index is 6.88. The fourth-order valence-corrected chi connectivity index (χ4v) is 7.31. The van der Waals surface area contributed by atoms with Crippen LogP contribution in [0.15, 0.2) is 12.7 Å². The predicted octanol–water partition coefficient (Wildman–Crippen LogP) is 5.04. The molecule has 2 rings (SSSR count). The van der Waals surface area contributed by atoms with Crippen molar-refractivity contribution < 1.29 is 18.0 Å². The lowest BCUT2D eigenvalue weighted by atomic mass is 9.83. The van der Waals surface area contributed by atoms with E-state index in [1.807, 2.05) is 0 Å². The SMILES string of the molecule is C=CC1CCC2O[Si](OCCCC)(OCCCC)CCCN(CCOCC)C2C1. The lowest BCUT2D eigenvalue weighted by Gasteiger charge is -2.47. The summed E-state index contributed by atoms with van der Waals surface area (Å²) in [5.74, 6) is 0.576. The number of rotatable bonds is 13. The quantitative estimate of drug-likeness (QED) is 0.234. The standard InChI is InChI=1S/C23H45NO4Si/c1-5-9-16-26-29(27-17-10-6-2)19-11-14-24(15-18-25-8-4)22-20-21(7-3)12-13-23(22)28-29/h7,21-23H,3,5-6,8-20H2,1-2,4H3. The molecule has 0 aromatic heterocycles. The molecule has 2 aliphatic rings. The molecule has 3 atom stereocenters. The summed E-state index contributed by atoms with van der Waals surface area (Å²) in [5, 5.41) is 0. The highest BCUT2D eigenvalue weighted by molar-refractivity contribution is 6.60. The normalized spacial score (nSPS) is 27.8. The Kier molecular flexibility index (Phi) is 12.0. The van der Waals surface area contributed by atoms with Crippen molar-refractivity contribution in [3.8, 4) is 0 Å². The molecule has 0 N–H and O–H groups in total. The Hall–Kier alpha value is -0.243. The fourth-order valence-electron chi connectivity index (χ4n) is 4.44. The predicted molar refractivity (Wildman–Crippen MR) is 121 cm³/mol. The van der Waals surface area contributed by atoms with Gasteiger partial charge in [-0.25, -0.2) is 0 Å². The Morgan fingerprint density at radius 2 is 1.79 bits per heavy atom. The summed E-state index contributed by atoms with van der Waals surface area (Å²) >= 11 is 0. The third-order valence-corrected chi connectivity index (χ3v) is 9.14. The van der Waals surface area contributed by atoms with Gasteiger partial charge in [-0.15, -0.1) is 6.58 Å². The topological polar surface area (TPSA) is 40.2 Å². The molecule has 1 aliphatic heterocycles. The average molecular weight is 428 g/mol. The summed E-state index contributed by atoms with van der Waals surface area (Å²) in [4.78, 5) is 2.60. The number of nitrogens with zero attached hydrogens (tertiary/aromatic N) is 1. The number of hydrogen-bond acceptors (Lipinski definition) is 5. The van der Waals surface area contributed by atoms with Gasteiger partial charge in [0.15, 0.2) is 0 Å². The van der Waals surface area contributed by atoms with Gasteiger partial charge in [-0.05, 0) is 57.9 Å². The first-order chi connectivity index (χ1) is 14.2. The minimum absolute atomic E-state index is 0.197. The molecule has 0 bridgehead atoms. The smallest absolute Gasteiger partial charge is 0.380 e. The number of ether oxygens (including phenoxy) is 1. The van der Waals surface area contributed by atoms with Crippen LogP contribution in [0.3, 0.4) is 0 Å². The molecule has 5 nitrogen and oxygen atoms in total. The van der Waals surface area contributed by atoms with Crippen LogP contribution in [0.4, 0.5) is 0 Å². The summed E-state index contributed by atoms with van der Waals surface area (Å²) in [5.41, 5.74) is 0. The Labute approximate surface area is 180 Å². The Bertz CT molecular complexity index is 441. The van der Waals surface area contributed by atoms with Gasteiger partial charge in [-0.3, -0.25) is 4.90 Å². The zero-order valence-electron chi connectivity index (χ0n) is 19.2. The van der Waals surface area contributed by atoms with Gasteiger partial charge >= 0.3 is 8.80 Å². The Balaban J connectivity index is 2.13. The first-order valence-corrected chi connectivity index (χ1v) is 14.0. The molecule has 0 spiro atoms. The highest BCUT2D eigenvalue weighted by atomic mass is 28.4. The van der Waals surface area contributed by atoms with E-state index in [0.717, 1.165) is 96.9 Å². The van der Waals surface area contributed by atoms with Gasteiger partial charge in [0, 0.05) is 38.5 Å². The van der Waals surface area contributed by atoms with E-state index in [2.05, 4.69) is 38.3 Å². The molecule has 6 heteroatoms. The van der Waals surface area contributed by atoms with Crippen LogP contribution in [-0.2, 0) is 18.0 Å². The molecular formula is C23H45NO4Si. The van der Waals surface area contributed by atoms with Crippen molar-refractivity contribution in [3.05, 3.63) is 12.7 Å². The van der Waals surface area contributed by atoms with Crippen molar-refractivity contribution in [3.63, 3.8) is 0 Å². The van der Waals surface area contributed by atoms with Gasteiger partial charge in [0.1, 0.15) is 0 Å². The third kappa shape index (κ3) is 8.07. The second kappa shape index (κ2) is 13.9. The molecule has 29 heavy (non-hydrogen) atoms. The van der Waals surface area contributed by atoms with Gasteiger partial charge < -0.3 is 18.0 Å². The van der Waals surface area contributed by atoms with E-state index in [0.29, 0.717) is 12.0 Å². The lowest BCUT2D eigenvalue weighted by Crippen LogP contribution is -2.58. The fraction of sp³-hybridized carbons (Fsp3) is 0.913. The Morgan fingerprint density at radius 3 is 2.41 bits per heavy atom. The number of hydrogen-bond donors (Lipinski definition) is 0. The molecule has 1 saturated heterocycles. The van der Waals surface area contributed by atoms with E-state index in [4.69, 9.17) is 18.0 Å². The average Bonchev–Trinajstić information content (AvgIpc) is 2.72. The largest absolute Gasteiger partial charge is 0.501 e. The highest BCUT2D eigenvalue weighted by Crippen LogP contribution is 2.36. The van der Waals surface area contributed by atoms with Gasteiger partial charge in [0.25, 0.3) is 0 Å². The summed E-state index contributed by atoms with van der Waals surface area (Å²) in [6.45, 7) is 15.7. The van der Waals surface area contributed by atoms with E-state index in [9.17, 15) is 0 Å². The van der Waals surface area contributed by atoms with Crippen molar-refractivity contribution in [1.82, 2.24) is 4.90 Å². The van der Waals surface area contributed by atoms with Crippen LogP contribution < -0.4 is 0 Å². The maximum absolute atomic E-state index is 6.88. The van der Waals surface area contributed by atoms with Gasteiger partial charge in [-0.1, -0.05) is 32.8 Å².